The van der Waals surface area contributed by atoms with Crippen molar-refractivity contribution in [2.45, 2.75) is 26.8 Å². The zero-order valence-corrected chi connectivity index (χ0v) is 16.3. The Hall–Kier alpha value is -2.92. The molecule has 1 fully saturated rings. The first-order valence-corrected chi connectivity index (χ1v) is 9.53. The number of hydrazine groups is 1. The van der Waals surface area contributed by atoms with Gasteiger partial charge in [-0.05, 0) is 17.7 Å². The summed E-state index contributed by atoms with van der Waals surface area (Å²) in [5.74, 6) is -0.0130. The van der Waals surface area contributed by atoms with E-state index in [0.717, 1.165) is 5.56 Å². The molecule has 1 amide bonds. The van der Waals surface area contributed by atoms with Crippen LogP contribution in [0.3, 0.4) is 0 Å². The maximum Gasteiger partial charge on any atom is 0.343 e. The molecular weight excluding hydrogens is 352 g/mol. The van der Waals surface area contributed by atoms with Crippen molar-refractivity contribution in [2.24, 2.45) is 11.3 Å². The number of carbonyl (C=O) groups is 2. The van der Waals surface area contributed by atoms with Crippen molar-refractivity contribution >= 4 is 11.9 Å². The lowest BCUT2D eigenvalue weighted by atomic mass is 9.77. The third-order valence-corrected chi connectivity index (χ3v) is 5.57. The molecule has 0 saturated carbocycles. The van der Waals surface area contributed by atoms with E-state index in [2.05, 4.69) is 31.0 Å². The molecule has 1 saturated heterocycles. The largest absolute Gasteiger partial charge is 0.425 e. The Bertz CT molecular complexity index is 921. The molecule has 28 heavy (non-hydrogen) atoms. The molecule has 5 heteroatoms. The molecular formula is C23H24N2O3. The fourth-order valence-electron chi connectivity index (χ4n) is 4.07. The summed E-state index contributed by atoms with van der Waals surface area (Å²) in [4.78, 5) is 25.4. The Labute approximate surface area is 165 Å². The van der Waals surface area contributed by atoms with E-state index in [-0.39, 0.29) is 17.9 Å². The van der Waals surface area contributed by atoms with Gasteiger partial charge in [0.05, 0.1) is 23.7 Å². The van der Waals surface area contributed by atoms with Gasteiger partial charge in [0, 0.05) is 12.0 Å². The van der Waals surface area contributed by atoms with Gasteiger partial charge in [-0.15, -0.1) is 0 Å². The van der Waals surface area contributed by atoms with Crippen LogP contribution in [-0.4, -0.2) is 28.4 Å². The molecule has 0 unspecified atom stereocenters. The number of fused-ring (bicyclic) bond motifs is 1. The quantitative estimate of drug-likeness (QED) is 0.755. The molecule has 2 aliphatic heterocycles. The van der Waals surface area contributed by atoms with Crippen LogP contribution in [0.5, 0.6) is 0 Å². The van der Waals surface area contributed by atoms with E-state index in [1.54, 1.807) is 35.5 Å². The molecule has 0 radical (unpaired) electrons. The van der Waals surface area contributed by atoms with E-state index in [0.29, 0.717) is 17.9 Å². The van der Waals surface area contributed by atoms with E-state index in [1.165, 1.54) is 0 Å². The van der Waals surface area contributed by atoms with Gasteiger partial charge in [-0.3, -0.25) is 4.79 Å². The molecule has 5 nitrogen and oxygen atoms in total. The molecule has 0 N–H and O–H groups in total. The van der Waals surface area contributed by atoms with Gasteiger partial charge in [0.1, 0.15) is 5.76 Å². The van der Waals surface area contributed by atoms with Gasteiger partial charge in [0.15, 0.2) is 0 Å². The van der Waals surface area contributed by atoms with Crippen molar-refractivity contribution in [1.29, 1.82) is 0 Å². The molecule has 0 aromatic heterocycles. The molecule has 0 spiro atoms. The second kappa shape index (κ2) is 6.91. The Balaban J connectivity index is 1.75. The van der Waals surface area contributed by atoms with Crippen molar-refractivity contribution in [3.63, 3.8) is 0 Å². The van der Waals surface area contributed by atoms with Crippen LogP contribution in [0, 0.1) is 11.3 Å². The van der Waals surface area contributed by atoms with Crippen LogP contribution in [0.15, 0.2) is 72.6 Å². The topological polar surface area (TPSA) is 49.9 Å². The average Bonchev–Trinajstić information content (AvgIpc) is 2.97. The minimum atomic E-state index is -0.507. The Morgan fingerprint density at radius 2 is 1.64 bits per heavy atom. The molecule has 144 valence electrons. The van der Waals surface area contributed by atoms with Crippen molar-refractivity contribution in [1.82, 2.24) is 10.0 Å². The second-order valence-corrected chi connectivity index (χ2v) is 7.99. The van der Waals surface area contributed by atoms with Gasteiger partial charge < -0.3 is 4.74 Å². The summed E-state index contributed by atoms with van der Waals surface area (Å²) in [5, 5.41) is 3.71. The van der Waals surface area contributed by atoms with E-state index >= 15 is 0 Å². The molecule has 0 bridgehead atoms. The first-order chi connectivity index (χ1) is 13.4. The normalized spacial score (nSPS) is 23.9. The molecule has 2 aliphatic rings. The number of nitrogens with zero attached hydrogens (tertiary/aromatic N) is 2. The van der Waals surface area contributed by atoms with Crippen LogP contribution in [-0.2, 0) is 9.53 Å². The Kier molecular flexibility index (Phi) is 4.55. The third-order valence-electron chi connectivity index (χ3n) is 5.57. The smallest absolute Gasteiger partial charge is 0.343 e. The number of hydrogen-bond acceptors (Lipinski definition) is 4. The molecule has 2 heterocycles. The third kappa shape index (κ3) is 3.02. The van der Waals surface area contributed by atoms with Gasteiger partial charge in [0.25, 0.3) is 0 Å². The van der Waals surface area contributed by atoms with Crippen molar-refractivity contribution in [3.05, 3.63) is 83.7 Å². The Morgan fingerprint density at radius 3 is 2.29 bits per heavy atom. The van der Waals surface area contributed by atoms with E-state index < -0.39 is 11.4 Å². The van der Waals surface area contributed by atoms with Crippen LogP contribution >= 0.6 is 0 Å². The zero-order valence-electron chi connectivity index (χ0n) is 16.3. The van der Waals surface area contributed by atoms with Gasteiger partial charge >= 0.3 is 5.97 Å². The average molecular weight is 376 g/mol. The molecule has 4 rings (SSSR count). The zero-order chi connectivity index (χ0) is 19.9. The molecule has 2 aromatic rings. The maximum absolute atomic E-state index is 12.7. The summed E-state index contributed by atoms with van der Waals surface area (Å²) < 4.78 is 5.84. The highest BCUT2D eigenvalue weighted by molar-refractivity contribution is 5.90. The number of benzene rings is 2. The minimum absolute atomic E-state index is 0.0182. The second-order valence-electron chi connectivity index (χ2n) is 7.99. The monoisotopic (exact) mass is 376 g/mol. The van der Waals surface area contributed by atoms with Crippen molar-refractivity contribution < 1.29 is 14.3 Å². The summed E-state index contributed by atoms with van der Waals surface area (Å²) in [6.45, 7) is 6.68. The minimum Gasteiger partial charge on any atom is -0.425 e. The van der Waals surface area contributed by atoms with Gasteiger partial charge in [-0.25, -0.2) is 14.8 Å². The highest BCUT2D eigenvalue weighted by Gasteiger charge is 2.51. The van der Waals surface area contributed by atoms with Crippen molar-refractivity contribution in [3.8, 4) is 0 Å². The van der Waals surface area contributed by atoms with Crippen LogP contribution in [0.4, 0.5) is 0 Å². The van der Waals surface area contributed by atoms with E-state index in [1.807, 2.05) is 31.2 Å². The highest BCUT2D eigenvalue weighted by atomic mass is 16.5. The fraction of sp³-hybridized carbons (Fsp3) is 0.304. The van der Waals surface area contributed by atoms with Crippen LogP contribution < -0.4 is 0 Å². The van der Waals surface area contributed by atoms with Gasteiger partial charge in [-0.2, -0.15) is 0 Å². The SMILES string of the molecule is C[C@@H]1CN2[C@H](c3ccccc3)C(C)(C)C(OC(=O)c3ccccc3)=CN2C1=O. The number of ether oxygens (including phenoxy) is 1. The summed E-state index contributed by atoms with van der Waals surface area (Å²) in [7, 11) is 0. The van der Waals surface area contributed by atoms with E-state index in [4.69, 9.17) is 4.74 Å². The van der Waals surface area contributed by atoms with Crippen molar-refractivity contribution in [2.75, 3.05) is 6.54 Å². The Morgan fingerprint density at radius 1 is 1.04 bits per heavy atom. The van der Waals surface area contributed by atoms with Crippen LogP contribution in [0.25, 0.3) is 0 Å². The standard InChI is InChI=1S/C23H24N2O3/c1-16-14-24-20(17-10-6-4-7-11-17)23(2,3)19(15-25(24)21(16)26)28-22(27)18-12-8-5-9-13-18/h4-13,15-16,20H,14H2,1-3H3/t16-,20-/m1/s1. The lowest BCUT2D eigenvalue weighted by Crippen LogP contribution is -2.49. The number of rotatable bonds is 3. The number of amides is 1. The summed E-state index contributed by atoms with van der Waals surface area (Å²) in [6, 6.07) is 18.9. The van der Waals surface area contributed by atoms with Gasteiger partial charge in [-0.1, -0.05) is 69.3 Å². The molecule has 2 aromatic carbocycles. The number of esters is 1. The number of hydrogen-bond donors (Lipinski definition) is 0. The number of carbonyl (C=O) groups excluding carboxylic acids is 2. The predicted octanol–water partition coefficient (Wildman–Crippen LogP) is 4.16. The lowest BCUT2D eigenvalue weighted by molar-refractivity contribution is -0.142. The van der Waals surface area contributed by atoms with E-state index in [9.17, 15) is 9.59 Å². The van der Waals surface area contributed by atoms with Crippen LogP contribution in [0.1, 0.15) is 42.7 Å². The van der Waals surface area contributed by atoms with Crippen LogP contribution in [0.2, 0.25) is 0 Å². The highest BCUT2D eigenvalue weighted by Crippen LogP contribution is 2.50. The predicted molar refractivity (Wildman–Crippen MR) is 106 cm³/mol. The molecule has 2 atom stereocenters. The maximum atomic E-state index is 12.7. The lowest BCUT2D eigenvalue weighted by Gasteiger charge is -2.47. The fourth-order valence-corrected chi connectivity index (χ4v) is 4.07. The summed E-state index contributed by atoms with van der Waals surface area (Å²) in [5.41, 5.74) is 1.06. The summed E-state index contributed by atoms with van der Waals surface area (Å²) in [6.07, 6.45) is 1.69. The van der Waals surface area contributed by atoms with Gasteiger partial charge in [0.2, 0.25) is 5.91 Å². The molecule has 0 aliphatic carbocycles. The first-order valence-electron chi connectivity index (χ1n) is 9.53. The summed E-state index contributed by atoms with van der Waals surface area (Å²) >= 11 is 0. The first kappa shape index (κ1) is 18.4.